The van der Waals surface area contributed by atoms with Crippen LogP contribution in [0.3, 0.4) is 0 Å². The Morgan fingerprint density at radius 2 is 2.14 bits per heavy atom. The Balaban J connectivity index is 2.97. The molecule has 0 saturated heterocycles. The first kappa shape index (κ1) is 6.83. The second kappa shape index (κ2) is 4.00. The summed E-state index contributed by atoms with van der Waals surface area (Å²) < 4.78 is 4.88. The Hall–Kier alpha value is -0.170. The van der Waals surface area contributed by atoms with E-state index in [0.29, 0.717) is 0 Å². The van der Waals surface area contributed by atoms with Gasteiger partial charge in [0.2, 0.25) is 0 Å². The van der Waals surface area contributed by atoms with Crippen LogP contribution in [0.25, 0.3) is 0 Å². The predicted molar refractivity (Wildman–Crippen MR) is 31.2 cm³/mol. The largest absolute Gasteiger partial charge is 0.498 e. The van der Waals surface area contributed by atoms with Crippen LogP contribution in [0.15, 0.2) is 11.8 Å². The van der Waals surface area contributed by atoms with Gasteiger partial charge in [-0.3, -0.25) is 0 Å². The summed E-state index contributed by atoms with van der Waals surface area (Å²) in [6, 6.07) is 0. The van der Waals surface area contributed by atoms with E-state index in [4.69, 9.17) is 16.3 Å². The van der Waals surface area contributed by atoms with Gasteiger partial charge in [0.05, 0.1) is 12.4 Å². The Labute approximate surface area is 48.9 Å². The standard InChI is InChI=1S/C5H9ClO/c1-5(2)7-4-3-6/h3-5H,1-2H3/b4-3+. The first-order chi connectivity index (χ1) is 3.27. The van der Waals surface area contributed by atoms with Crippen molar-refractivity contribution >= 4 is 11.6 Å². The smallest absolute Gasteiger partial charge is 0.0945 e. The minimum Gasteiger partial charge on any atom is -0.498 e. The van der Waals surface area contributed by atoms with Crippen molar-refractivity contribution in [1.29, 1.82) is 0 Å². The van der Waals surface area contributed by atoms with Gasteiger partial charge in [0.1, 0.15) is 0 Å². The van der Waals surface area contributed by atoms with Crippen LogP contribution in [0.2, 0.25) is 0 Å². The number of hydrogen-bond acceptors (Lipinski definition) is 1. The average Bonchev–Trinajstić information content (AvgIpc) is 1.61. The van der Waals surface area contributed by atoms with Gasteiger partial charge < -0.3 is 4.74 Å². The zero-order valence-electron chi connectivity index (χ0n) is 4.52. The van der Waals surface area contributed by atoms with E-state index >= 15 is 0 Å². The maximum atomic E-state index is 5.14. The van der Waals surface area contributed by atoms with Gasteiger partial charge in [-0.25, -0.2) is 0 Å². The molecule has 0 radical (unpaired) electrons. The Morgan fingerprint density at radius 3 is 2.29 bits per heavy atom. The fourth-order valence-corrected chi connectivity index (χ4v) is 0.246. The molecule has 0 aliphatic carbocycles. The molecule has 0 aromatic carbocycles. The molecule has 0 atom stereocenters. The number of ether oxygens (including phenoxy) is 1. The zero-order valence-corrected chi connectivity index (χ0v) is 5.27. The SMILES string of the molecule is CC(C)O/C=C/Cl. The average molecular weight is 121 g/mol. The van der Waals surface area contributed by atoms with Crippen LogP contribution in [-0.4, -0.2) is 6.10 Å². The van der Waals surface area contributed by atoms with Gasteiger partial charge in [0.15, 0.2) is 0 Å². The van der Waals surface area contributed by atoms with Crippen molar-refractivity contribution in [2.24, 2.45) is 0 Å². The number of halogens is 1. The third kappa shape index (κ3) is 5.83. The minimum atomic E-state index is 0.231. The molecular weight excluding hydrogens is 112 g/mol. The highest BCUT2D eigenvalue weighted by Crippen LogP contribution is 1.88. The molecule has 0 fully saturated rings. The lowest BCUT2D eigenvalue weighted by atomic mass is 10.5. The summed E-state index contributed by atoms with van der Waals surface area (Å²) in [6.45, 7) is 3.88. The quantitative estimate of drug-likeness (QED) is 0.508. The van der Waals surface area contributed by atoms with E-state index < -0.39 is 0 Å². The van der Waals surface area contributed by atoms with Gasteiger partial charge in [-0.15, -0.1) is 0 Å². The van der Waals surface area contributed by atoms with Gasteiger partial charge in [0, 0.05) is 5.54 Å². The summed E-state index contributed by atoms with van der Waals surface area (Å²) in [5, 5.41) is 0. The highest BCUT2D eigenvalue weighted by molar-refractivity contribution is 6.25. The Kier molecular flexibility index (Phi) is 3.90. The van der Waals surface area contributed by atoms with Crippen LogP contribution in [0, 0.1) is 0 Å². The molecule has 0 aliphatic heterocycles. The van der Waals surface area contributed by atoms with E-state index in [0.717, 1.165) is 0 Å². The molecule has 0 amide bonds. The molecule has 7 heavy (non-hydrogen) atoms. The highest BCUT2D eigenvalue weighted by Gasteiger charge is 1.82. The molecule has 0 aromatic heterocycles. The lowest BCUT2D eigenvalue weighted by Gasteiger charge is -2.00. The van der Waals surface area contributed by atoms with Crippen LogP contribution < -0.4 is 0 Å². The van der Waals surface area contributed by atoms with Gasteiger partial charge in [0.25, 0.3) is 0 Å². The second-order valence-electron chi connectivity index (χ2n) is 1.45. The summed E-state index contributed by atoms with van der Waals surface area (Å²) in [4.78, 5) is 0. The summed E-state index contributed by atoms with van der Waals surface area (Å²) in [7, 11) is 0. The Morgan fingerprint density at radius 1 is 1.57 bits per heavy atom. The third-order valence-electron chi connectivity index (χ3n) is 0.402. The maximum absolute atomic E-state index is 5.14. The lowest BCUT2D eigenvalue weighted by Crippen LogP contribution is -1.93. The van der Waals surface area contributed by atoms with Crippen LogP contribution in [0.1, 0.15) is 13.8 Å². The van der Waals surface area contributed by atoms with Crippen molar-refractivity contribution in [3.63, 3.8) is 0 Å². The van der Waals surface area contributed by atoms with Crippen molar-refractivity contribution in [3.8, 4) is 0 Å². The molecule has 1 nitrogen and oxygen atoms in total. The van der Waals surface area contributed by atoms with Crippen LogP contribution >= 0.6 is 11.6 Å². The fraction of sp³-hybridized carbons (Fsp3) is 0.600. The first-order valence-corrected chi connectivity index (χ1v) is 2.61. The molecule has 0 unspecified atom stereocenters. The molecule has 0 aromatic rings. The molecule has 42 valence electrons. The summed E-state index contributed by atoms with van der Waals surface area (Å²) in [5.74, 6) is 0. The van der Waals surface area contributed by atoms with Crippen LogP contribution in [0.5, 0.6) is 0 Å². The van der Waals surface area contributed by atoms with Gasteiger partial charge in [-0.2, -0.15) is 0 Å². The second-order valence-corrected chi connectivity index (χ2v) is 1.70. The monoisotopic (exact) mass is 120 g/mol. The van der Waals surface area contributed by atoms with Gasteiger partial charge >= 0.3 is 0 Å². The minimum absolute atomic E-state index is 0.231. The van der Waals surface area contributed by atoms with E-state index in [1.165, 1.54) is 11.8 Å². The molecule has 0 bridgehead atoms. The van der Waals surface area contributed by atoms with E-state index in [1.54, 1.807) is 0 Å². The van der Waals surface area contributed by atoms with Crippen molar-refractivity contribution in [1.82, 2.24) is 0 Å². The Bertz CT molecular complexity index is 59.1. The van der Waals surface area contributed by atoms with Gasteiger partial charge in [-0.05, 0) is 13.8 Å². The number of rotatable bonds is 2. The molecule has 0 spiro atoms. The third-order valence-corrected chi connectivity index (χ3v) is 0.505. The van der Waals surface area contributed by atoms with Crippen molar-refractivity contribution in [2.75, 3.05) is 0 Å². The van der Waals surface area contributed by atoms with Crippen LogP contribution in [-0.2, 0) is 4.74 Å². The summed E-state index contributed by atoms with van der Waals surface area (Å²) in [6.07, 6.45) is 1.70. The molecule has 0 N–H and O–H groups in total. The molecule has 0 rings (SSSR count). The van der Waals surface area contributed by atoms with Crippen molar-refractivity contribution in [2.45, 2.75) is 20.0 Å². The van der Waals surface area contributed by atoms with E-state index in [9.17, 15) is 0 Å². The van der Waals surface area contributed by atoms with E-state index in [1.807, 2.05) is 13.8 Å². The van der Waals surface area contributed by atoms with Crippen LogP contribution in [0.4, 0.5) is 0 Å². The zero-order chi connectivity index (χ0) is 5.70. The van der Waals surface area contributed by atoms with Crippen molar-refractivity contribution < 1.29 is 4.74 Å². The van der Waals surface area contributed by atoms with Crippen molar-refractivity contribution in [3.05, 3.63) is 11.8 Å². The highest BCUT2D eigenvalue weighted by atomic mass is 35.5. The topological polar surface area (TPSA) is 9.23 Å². The lowest BCUT2D eigenvalue weighted by molar-refractivity contribution is 0.180. The molecule has 2 heteroatoms. The molecular formula is C5H9ClO. The summed E-state index contributed by atoms with van der Waals surface area (Å²) in [5.41, 5.74) is 1.35. The fourth-order valence-electron chi connectivity index (χ4n) is 0.187. The summed E-state index contributed by atoms with van der Waals surface area (Å²) >= 11 is 5.14. The predicted octanol–water partition coefficient (Wildman–Crippen LogP) is 2.12. The van der Waals surface area contributed by atoms with E-state index in [-0.39, 0.29) is 6.10 Å². The number of hydrogen-bond donors (Lipinski definition) is 0. The van der Waals surface area contributed by atoms with E-state index in [2.05, 4.69) is 0 Å². The maximum Gasteiger partial charge on any atom is 0.0945 e. The van der Waals surface area contributed by atoms with Gasteiger partial charge in [-0.1, -0.05) is 11.6 Å². The molecule has 0 heterocycles. The molecule has 0 saturated carbocycles. The first-order valence-electron chi connectivity index (χ1n) is 2.18. The normalized spacial score (nSPS) is 10.9. The molecule has 0 aliphatic rings.